The number of Topliss-reactive ketones (excluding diaryl/α,β-unsaturated/α-hetero) is 1. The number of carbonyl (C=O) groups excluding carboxylic acids is 3. The van der Waals surface area contributed by atoms with Crippen LogP contribution in [0.25, 0.3) is 0 Å². The van der Waals surface area contributed by atoms with E-state index < -0.39 is 6.04 Å². The number of anilines is 2. The quantitative estimate of drug-likeness (QED) is 0.654. The van der Waals surface area contributed by atoms with Crippen molar-refractivity contribution in [2.75, 3.05) is 10.6 Å². The number of nitrogens with zero attached hydrogens (tertiary/aromatic N) is 1. The number of hydrogen-bond donors (Lipinski definition) is 2. The van der Waals surface area contributed by atoms with E-state index >= 15 is 0 Å². The fraction of sp³-hybridized carbons (Fsp3) is 0.222. The van der Waals surface area contributed by atoms with Gasteiger partial charge >= 0.3 is 0 Å². The summed E-state index contributed by atoms with van der Waals surface area (Å²) in [6.45, 7) is 4.68. The van der Waals surface area contributed by atoms with Crippen molar-refractivity contribution >= 4 is 29.0 Å². The minimum Gasteiger partial charge on any atom is -0.326 e. The molecule has 2 aromatic rings. The number of amides is 2. The molecule has 0 unspecified atom stereocenters. The molecule has 6 nitrogen and oxygen atoms in total. The molecule has 2 N–H and O–H groups in total. The summed E-state index contributed by atoms with van der Waals surface area (Å²) in [6.07, 6.45) is 3.41. The van der Waals surface area contributed by atoms with E-state index in [-0.39, 0.29) is 17.6 Å². The second-order valence-electron chi connectivity index (χ2n) is 5.52. The molecule has 1 aromatic heterocycles. The maximum absolute atomic E-state index is 12.4. The molecule has 0 aliphatic heterocycles. The third kappa shape index (κ3) is 4.49. The Balaban J connectivity index is 2.07. The van der Waals surface area contributed by atoms with E-state index in [4.69, 9.17) is 0 Å². The molecule has 6 heteroatoms. The number of nitrogens with one attached hydrogen (secondary N) is 2. The largest absolute Gasteiger partial charge is 0.326 e. The highest BCUT2D eigenvalue weighted by Crippen LogP contribution is 2.14. The first kappa shape index (κ1) is 17.3. The summed E-state index contributed by atoms with van der Waals surface area (Å²) < 4.78 is 1.69. The van der Waals surface area contributed by atoms with E-state index in [1.54, 1.807) is 60.3 Å². The van der Waals surface area contributed by atoms with Gasteiger partial charge in [0.05, 0.1) is 5.56 Å². The van der Waals surface area contributed by atoms with Gasteiger partial charge in [0.15, 0.2) is 18.2 Å². The predicted octanol–water partition coefficient (Wildman–Crippen LogP) is 2.33. The van der Waals surface area contributed by atoms with Crippen LogP contribution in [0.1, 0.15) is 37.2 Å². The summed E-state index contributed by atoms with van der Waals surface area (Å²) in [7, 11) is 0. The number of benzene rings is 1. The van der Waals surface area contributed by atoms with Gasteiger partial charge in [-0.2, -0.15) is 4.57 Å². The van der Waals surface area contributed by atoms with Gasteiger partial charge in [-0.3, -0.25) is 14.4 Å². The first-order valence-electron chi connectivity index (χ1n) is 7.57. The van der Waals surface area contributed by atoms with Crippen LogP contribution < -0.4 is 15.2 Å². The van der Waals surface area contributed by atoms with Gasteiger partial charge in [-0.1, -0.05) is 0 Å². The van der Waals surface area contributed by atoms with E-state index in [9.17, 15) is 14.4 Å². The molecule has 0 radical (unpaired) electrons. The van der Waals surface area contributed by atoms with Gasteiger partial charge in [-0.15, -0.1) is 0 Å². The molecule has 0 spiro atoms. The number of ketones is 1. The summed E-state index contributed by atoms with van der Waals surface area (Å²) in [5.74, 6) is -0.402. The second-order valence-corrected chi connectivity index (χ2v) is 5.52. The number of rotatable bonds is 5. The first-order chi connectivity index (χ1) is 11.4. The third-order valence-electron chi connectivity index (χ3n) is 3.53. The average molecular weight is 326 g/mol. The molecule has 24 heavy (non-hydrogen) atoms. The first-order valence-corrected chi connectivity index (χ1v) is 7.57. The lowest BCUT2D eigenvalue weighted by Gasteiger charge is -2.10. The minimum atomic E-state index is -0.473. The molecular formula is C18H20N3O3+. The maximum Gasteiger partial charge on any atom is 0.293 e. The van der Waals surface area contributed by atoms with Crippen molar-refractivity contribution in [2.24, 2.45) is 0 Å². The Morgan fingerprint density at radius 1 is 0.958 bits per heavy atom. The third-order valence-corrected chi connectivity index (χ3v) is 3.53. The van der Waals surface area contributed by atoms with Gasteiger partial charge < -0.3 is 10.6 Å². The molecule has 0 aliphatic rings. The van der Waals surface area contributed by atoms with Gasteiger partial charge in [0.25, 0.3) is 5.91 Å². The van der Waals surface area contributed by atoms with Crippen molar-refractivity contribution in [3.63, 3.8) is 0 Å². The van der Waals surface area contributed by atoms with Gasteiger partial charge in [0.2, 0.25) is 11.9 Å². The van der Waals surface area contributed by atoms with E-state index in [2.05, 4.69) is 10.6 Å². The van der Waals surface area contributed by atoms with Gasteiger partial charge in [0.1, 0.15) is 0 Å². The minimum absolute atomic E-state index is 0.0504. The lowest BCUT2D eigenvalue weighted by Crippen LogP contribution is -2.44. The van der Waals surface area contributed by atoms with Crippen LogP contribution in [-0.2, 0) is 9.59 Å². The summed E-state index contributed by atoms with van der Waals surface area (Å²) in [5.41, 5.74) is 1.85. The lowest BCUT2D eigenvalue weighted by atomic mass is 10.2. The zero-order chi connectivity index (χ0) is 17.7. The highest BCUT2D eigenvalue weighted by atomic mass is 16.2. The molecular weight excluding hydrogens is 306 g/mol. The van der Waals surface area contributed by atoms with Crippen molar-refractivity contribution in [1.82, 2.24) is 0 Å². The van der Waals surface area contributed by atoms with Crippen molar-refractivity contribution in [2.45, 2.75) is 26.8 Å². The summed E-state index contributed by atoms with van der Waals surface area (Å²) >= 11 is 0. The SMILES string of the molecule is CC(=O)Nc1ccc(NC(=O)[C@H](C)[n+]2cccc(C(C)=O)c2)cc1. The molecule has 1 atom stereocenters. The van der Waals surface area contributed by atoms with Crippen molar-refractivity contribution in [3.8, 4) is 0 Å². The molecule has 0 saturated heterocycles. The van der Waals surface area contributed by atoms with E-state index in [1.165, 1.54) is 13.8 Å². The van der Waals surface area contributed by atoms with Crippen molar-refractivity contribution in [1.29, 1.82) is 0 Å². The van der Waals surface area contributed by atoms with Crippen LogP contribution in [-0.4, -0.2) is 17.6 Å². The van der Waals surface area contributed by atoms with E-state index in [1.807, 2.05) is 0 Å². The topological polar surface area (TPSA) is 79.2 Å². The second kappa shape index (κ2) is 7.50. The Kier molecular flexibility index (Phi) is 5.42. The number of aromatic nitrogens is 1. The average Bonchev–Trinajstić information content (AvgIpc) is 2.55. The maximum atomic E-state index is 12.4. The number of carbonyl (C=O) groups is 3. The molecule has 0 fully saturated rings. The summed E-state index contributed by atoms with van der Waals surface area (Å²) in [5, 5.41) is 5.48. The molecule has 1 heterocycles. The molecule has 0 saturated carbocycles. The predicted molar refractivity (Wildman–Crippen MR) is 90.7 cm³/mol. The highest BCUT2D eigenvalue weighted by Gasteiger charge is 2.22. The van der Waals surface area contributed by atoms with Crippen LogP contribution >= 0.6 is 0 Å². The fourth-order valence-electron chi connectivity index (χ4n) is 2.16. The highest BCUT2D eigenvalue weighted by molar-refractivity contribution is 5.94. The Labute approximate surface area is 140 Å². The van der Waals surface area contributed by atoms with E-state index in [0.717, 1.165) is 0 Å². The van der Waals surface area contributed by atoms with Crippen LogP contribution in [0.3, 0.4) is 0 Å². The smallest absolute Gasteiger partial charge is 0.293 e. The molecule has 0 bridgehead atoms. The van der Waals surface area contributed by atoms with Crippen LogP contribution in [0.5, 0.6) is 0 Å². The van der Waals surface area contributed by atoms with Gasteiger partial charge in [-0.25, -0.2) is 0 Å². The molecule has 124 valence electrons. The zero-order valence-corrected chi connectivity index (χ0v) is 13.9. The van der Waals surface area contributed by atoms with Crippen LogP contribution in [0.4, 0.5) is 11.4 Å². The van der Waals surface area contributed by atoms with E-state index in [0.29, 0.717) is 16.9 Å². The Morgan fingerprint density at radius 3 is 2.08 bits per heavy atom. The van der Waals surface area contributed by atoms with Crippen molar-refractivity contribution < 1.29 is 19.0 Å². The summed E-state index contributed by atoms with van der Waals surface area (Å²) in [4.78, 5) is 34.8. The molecule has 1 aromatic carbocycles. The van der Waals surface area contributed by atoms with Gasteiger partial charge in [0, 0.05) is 31.3 Å². The normalized spacial score (nSPS) is 11.5. The zero-order valence-electron chi connectivity index (χ0n) is 13.9. The number of hydrogen-bond acceptors (Lipinski definition) is 3. The summed E-state index contributed by atoms with van der Waals surface area (Å²) in [6, 6.07) is 9.84. The monoisotopic (exact) mass is 326 g/mol. The van der Waals surface area contributed by atoms with Crippen LogP contribution in [0, 0.1) is 0 Å². The number of pyridine rings is 1. The Morgan fingerprint density at radius 2 is 1.54 bits per heavy atom. The lowest BCUT2D eigenvalue weighted by molar-refractivity contribution is -0.705. The fourth-order valence-corrected chi connectivity index (χ4v) is 2.16. The standard InChI is InChI=1S/C18H19N3O3/c1-12(21-10-4-5-15(11-21)13(2)22)18(24)20-17-8-6-16(7-9-17)19-14(3)23/h4-12H,1-3H3,(H-,19,20,23,24)/p+1/t12-/m0/s1. The Hall–Kier alpha value is -3.02. The molecule has 2 amide bonds. The van der Waals surface area contributed by atoms with Crippen LogP contribution in [0.15, 0.2) is 48.8 Å². The molecule has 0 aliphatic carbocycles. The molecule has 2 rings (SSSR count). The Bertz CT molecular complexity index is 769. The van der Waals surface area contributed by atoms with Gasteiger partial charge in [-0.05, 0) is 37.3 Å². The van der Waals surface area contributed by atoms with Crippen molar-refractivity contribution in [3.05, 3.63) is 54.4 Å². The van der Waals surface area contributed by atoms with Crippen LogP contribution in [0.2, 0.25) is 0 Å².